The highest BCUT2D eigenvalue weighted by Crippen LogP contribution is 2.28. The van der Waals surface area contributed by atoms with E-state index in [4.69, 9.17) is 9.84 Å². The van der Waals surface area contributed by atoms with Gasteiger partial charge in [-0.3, -0.25) is 4.79 Å². The van der Waals surface area contributed by atoms with E-state index in [1.807, 2.05) is 32.2 Å². The second-order valence-corrected chi connectivity index (χ2v) is 6.98. The van der Waals surface area contributed by atoms with E-state index in [-0.39, 0.29) is 12.4 Å². The Morgan fingerprint density at radius 1 is 1.24 bits per heavy atom. The summed E-state index contributed by atoms with van der Waals surface area (Å²) < 4.78 is 7.43. The Labute approximate surface area is 148 Å². The van der Waals surface area contributed by atoms with E-state index in [0.717, 1.165) is 60.6 Å². The number of hydrogen-bond acceptors (Lipinski definition) is 3. The Bertz CT molecular complexity index is 761. The van der Waals surface area contributed by atoms with Gasteiger partial charge in [0.25, 0.3) is 0 Å². The fourth-order valence-electron chi connectivity index (χ4n) is 3.89. The van der Waals surface area contributed by atoms with Crippen molar-refractivity contribution in [2.45, 2.75) is 6.92 Å². The van der Waals surface area contributed by atoms with Crippen LogP contribution in [0.2, 0.25) is 0 Å². The monoisotopic (exact) mass is 347 g/mol. The van der Waals surface area contributed by atoms with Gasteiger partial charge in [-0.1, -0.05) is 0 Å². The molecule has 0 unspecified atom stereocenters. The Morgan fingerprint density at radius 2 is 1.92 bits per heavy atom. The standard InChI is InChI=1S/C19H27N3O3/c1-14-19(16-12-15(25-3)4-5-17(16)20(14)2)18(24)13-22-8-6-21(7-9-22)10-11-23/h4-5,12,23H,6-11,13H2,1-3H3/p+2. The number of rotatable bonds is 6. The van der Waals surface area contributed by atoms with Gasteiger partial charge in [0, 0.05) is 23.6 Å². The topological polar surface area (TPSA) is 60.3 Å². The summed E-state index contributed by atoms with van der Waals surface area (Å²) >= 11 is 0. The van der Waals surface area contributed by atoms with Gasteiger partial charge in [0.05, 0.1) is 19.3 Å². The number of aliphatic hydroxyl groups is 1. The molecule has 1 aliphatic heterocycles. The number of carbonyl (C=O) groups excluding carboxylic acids is 1. The van der Waals surface area contributed by atoms with E-state index in [1.54, 1.807) is 7.11 Å². The molecule has 2 heterocycles. The third-order valence-corrected chi connectivity index (χ3v) is 5.52. The molecular weight excluding hydrogens is 318 g/mol. The number of benzene rings is 1. The number of carbonyl (C=O) groups is 1. The number of fused-ring (bicyclic) bond motifs is 1. The molecule has 25 heavy (non-hydrogen) atoms. The molecular formula is C19H29N3O3+2. The first kappa shape index (κ1) is 17.9. The van der Waals surface area contributed by atoms with Crippen LogP contribution in [0.3, 0.4) is 0 Å². The van der Waals surface area contributed by atoms with E-state index in [1.165, 1.54) is 9.80 Å². The molecule has 1 aromatic carbocycles. The number of ether oxygens (including phenoxy) is 1. The van der Waals surface area contributed by atoms with Crippen LogP contribution in [0.25, 0.3) is 10.9 Å². The predicted molar refractivity (Wildman–Crippen MR) is 96.8 cm³/mol. The van der Waals surface area contributed by atoms with Gasteiger partial charge >= 0.3 is 0 Å². The fraction of sp³-hybridized carbons (Fsp3) is 0.526. The molecule has 1 aromatic heterocycles. The van der Waals surface area contributed by atoms with E-state index in [2.05, 4.69) is 4.57 Å². The molecule has 0 saturated carbocycles. The number of piperazine rings is 1. The maximum absolute atomic E-state index is 13.0. The van der Waals surface area contributed by atoms with Crippen LogP contribution in [0.4, 0.5) is 0 Å². The van der Waals surface area contributed by atoms with Gasteiger partial charge in [-0.05, 0) is 25.1 Å². The number of hydrogen-bond donors (Lipinski definition) is 3. The first-order valence-corrected chi connectivity index (χ1v) is 8.99. The van der Waals surface area contributed by atoms with Gasteiger partial charge in [-0.2, -0.15) is 0 Å². The lowest BCUT2D eigenvalue weighted by molar-refractivity contribution is -1.01. The zero-order valence-corrected chi connectivity index (χ0v) is 15.4. The molecule has 1 aliphatic rings. The van der Waals surface area contributed by atoms with Gasteiger partial charge in [0.1, 0.15) is 45.0 Å². The second kappa shape index (κ2) is 7.56. The minimum absolute atomic E-state index is 0.206. The number of aliphatic hydroxyl groups excluding tert-OH is 1. The number of aryl methyl sites for hydroxylation is 1. The molecule has 0 atom stereocenters. The van der Waals surface area contributed by atoms with Crippen molar-refractivity contribution in [3.8, 4) is 5.75 Å². The summed E-state index contributed by atoms with van der Waals surface area (Å²) in [6.45, 7) is 7.59. The summed E-state index contributed by atoms with van der Waals surface area (Å²) in [7, 11) is 3.65. The number of nitrogens with one attached hydrogen (secondary N) is 2. The predicted octanol–water partition coefficient (Wildman–Crippen LogP) is -1.55. The average molecular weight is 347 g/mol. The van der Waals surface area contributed by atoms with Crippen LogP contribution in [-0.4, -0.2) is 68.4 Å². The average Bonchev–Trinajstić information content (AvgIpc) is 2.87. The number of ketones is 1. The third kappa shape index (κ3) is 3.56. The number of methoxy groups -OCH3 is 1. The maximum Gasteiger partial charge on any atom is 0.219 e. The highest BCUT2D eigenvalue weighted by atomic mass is 16.5. The van der Waals surface area contributed by atoms with Gasteiger partial charge in [0.15, 0.2) is 0 Å². The zero-order valence-electron chi connectivity index (χ0n) is 15.4. The molecule has 6 nitrogen and oxygen atoms in total. The summed E-state index contributed by atoms with van der Waals surface area (Å²) in [5.74, 6) is 0.984. The second-order valence-electron chi connectivity index (χ2n) is 6.98. The molecule has 6 heteroatoms. The van der Waals surface area contributed by atoms with Crippen LogP contribution in [0.5, 0.6) is 5.75 Å². The van der Waals surface area contributed by atoms with Crippen LogP contribution in [0, 0.1) is 6.92 Å². The molecule has 3 rings (SSSR count). The molecule has 0 spiro atoms. The molecule has 0 aliphatic carbocycles. The highest BCUT2D eigenvalue weighted by molar-refractivity contribution is 6.10. The molecule has 2 aromatic rings. The maximum atomic E-state index is 13.0. The van der Waals surface area contributed by atoms with E-state index in [0.29, 0.717) is 6.54 Å². The summed E-state index contributed by atoms with van der Waals surface area (Å²) in [6.07, 6.45) is 0. The SMILES string of the molecule is COc1ccc2c(c1)c(C(=O)C[NH+]1CC[NH+](CCO)CC1)c(C)n2C. The van der Waals surface area contributed by atoms with Crippen LogP contribution in [0.1, 0.15) is 16.1 Å². The molecule has 0 bridgehead atoms. The van der Waals surface area contributed by atoms with Crippen molar-refractivity contribution in [3.05, 3.63) is 29.5 Å². The van der Waals surface area contributed by atoms with E-state index >= 15 is 0 Å². The summed E-state index contributed by atoms with van der Waals surface area (Å²) in [5, 5.41) is 10.0. The number of Topliss-reactive ketones (excluding diaryl/α,β-unsaturated/α-hetero) is 1. The van der Waals surface area contributed by atoms with Gasteiger partial charge in [0.2, 0.25) is 5.78 Å². The number of aromatic nitrogens is 1. The highest BCUT2D eigenvalue weighted by Gasteiger charge is 2.27. The quantitative estimate of drug-likeness (QED) is 0.555. The summed E-state index contributed by atoms with van der Waals surface area (Å²) in [6, 6.07) is 5.92. The van der Waals surface area contributed by atoms with E-state index < -0.39 is 0 Å². The van der Waals surface area contributed by atoms with Crippen LogP contribution >= 0.6 is 0 Å². The van der Waals surface area contributed by atoms with Crippen LogP contribution in [0.15, 0.2) is 18.2 Å². The first-order chi connectivity index (χ1) is 12.0. The number of quaternary nitrogens is 2. The van der Waals surface area contributed by atoms with Crippen molar-refractivity contribution in [1.29, 1.82) is 0 Å². The van der Waals surface area contributed by atoms with Crippen molar-refractivity contribution in [2.75, 3.05) is 53.0 Å². The van der Waals surface area contributed by atoms with Crippen LogP contribution in [-0.2, 0) is 7.05 Å². The third-order valence-electron chi connectivity index (χ3n) is 5.52. The van der Waals surface area contributed by atoms with Gasteiger partial charge in [-0.25, -0.2) is 0 Å². The minimum Gasteiger partial charge on any atom is -0.497 e. The zero-order chi connectivity index (χ0) is 18.0. The largest absolute Gasteiger partial charge is 0.497 e. The van der Waals surface area contributed by atoms with Crippen LogP contribution < -0.4 is 14.5 Å². The molecule has 1 fully saturated rings. The Kier molecular flexibility index (Phi) is 5.42. The van der Waals surface area contributed by atoms with Crippen molar-refractivity contribution in [1.82, 2.24) is 4.57 Å². The normalized spacial score (nSPS) is 20.8. The molecule has 136 valence electrons. The van der Waals surface area contributed by atoms with Gasteiger partial charge < -0.3 is 24.2 Å². The van der Waals surface area contributed by atoms with Crippen molar-refractivity contribution in [2.24, 2.45) is 7.05 Å². The van der Waals surface area contributed by atoms with Crippen molar-refractivity contribution in [3.63, 3.8) is 0 Å². The summed E-state index contributed by atoms with van der Waals surface area (Å²) in [5.41, 5.74) is 2.90. The smallest absolute Gasteiger partial charge is 0.219 e. The van der Waals surface area contributed by atoms with Gasteiger partial charge in [-0.15, -0.1) is 0 Å². The molecule has 3 N–H and O–H groups in total. The summed E-state index contributed by atoms with van der Waals surface area (Å²) in [4.78, 5) is 15.8. The first-order valence-electron chi connectivity index (χ1n) is 8.99. The van der Waals surface area contributed by atoms with Crippen molar-refractivity contribution < 1.29 is 24.4 Å². The minimum atomic E-state index is 0.206. The lowest BCUT2D eigenvalue weighted by Gasteiger charge is -2.28. The lowest BCUT2D eigenvalue weighted by atomic mass is 10.1. The Balaban J connectivity index is 1.79. The van der Waals surface area contributed by atoms with Crippen molar-refractivity contribution >= 4 is 16.7 Å². The Morgan fingerprint density at radius 3 is 2.56 bits per heavy atom. The molecule has 0 radical (unpaired) electrons. The molecule has 0 amide bonds. The number of nitrogens with zero attached hydrogens (tertiary/aromatic N) is 1. The Hall–Kier alpha value is -1.89. The lowest BCUT2D eigenvalue weighted by Crippen LogP contribution is -3.28. The fourth-order valence-corrected chi connectivity index (χ4v) is 3.89. The van der Waals surface area contributed by atoms with E-state index in [9.17, 15) is 4.79 Å². The molecule has 1 saturated heterocycles.